The molecule has 11 heteroatoms. The number of aryl methyl sites for hydroxylation is 2. The van der Waals surface area contributed by atoms with Crippen molar-refractivity contribution in [1.29, 1.82) is 10.8 Å². The van der Waals surface area contributed by atoms with Gasteiger partial charge in [0.2, 0.25) is 0 Å². The van der Waals surface area contributed by atoms with Crippen molar-refractivity contribution >= 4 is 35.7 Å². The zero-order valence-electron chi connectivity index (χ0n) is 22.0. The number of imidazole rings is 1. The van der Waals surface area contributed by atoms with Crippen molar-refractivity contribution in [2.24, 2.45) is 5.73 Å². The highest BCUT2D eigenvalue weighted by Gasteiger charge is 2.20. The van der Waals surface area contributed by atoms with Crippen molar-refractivity contribution in [3.8, 4) is 22.9 Å². The lowest BCUT2D eigenvalue weighted by molar-refractivity contribution is -0.104. The molecule has 0 unspecified atom stereocenters. The zero-order chi connectivity index (χ0) is 28.5. The van der Waals surface area contributed by atoms with Crippen LogP contribution in [0.3, 0.4) is 0 Å². The van der Waals surface area contributed by atoms with Crippen LogP contribution in [-0.2, 0) is 17.6 Å². The van der Waals surface area contributed by atoms with E-state index in [4.69, 9.17) is 26.5 Å². The number of allylic oxidation sites excluding steroid dienone is 2. The molecule has 0 saturated carbocycles. The van der Waals surface area contributed by atoms with Crippen LogP contribution in [0.2, 0.25) is 0 Å². The standard InChI is InChI=1S/C23H19N7.C5H6N2O.CH5N/c24-21-18(6-2-11-25-21)22-27-19-9-10-20(29-13-3-12-26-29)28-23(19)30(22)17-8-7-15-4-1-5-16(15)14-17;6-2-1-5(3-7)4-8;1-2/h2-3,6-14H,1,4-5H2,(H2,24,25);1-4,6-7H;2H2,1H3/b;5-1+,6-2?,7-3?;. The number of hydrogen-bond donors (Lipinski definition) is 4. The third-order valence-corrected chi connectivity index (χ3v) is 6.23. The number of fused-ring (bicyclic) bond motifs is 2. The van der Waals surface area contributed by atoms with E-state index in [2.05, 4.69) is 38.6 Å². The van der Waals surface area contributed by atoms with Crippen LogP contribution in [0.25, 0.3) is 34.1 Å². The largest absolute Gasteiger partial charge is 0.383 e. The number of aldehydes is 1. The maximum atomic E-state index is 9.80. The molecule has 11 nitrogen and oxygen atoms in total. The normalized spacial score (nSPS) is 12.0. The van der Waals surface area contributed by atoms with Gasteiger partial charge in [0.15, 0.2) is 23.6 Å². The average Bonchev–Trinajstić information content (AvgIpc) is 3.77. The van der Waals surface area contributed by atoms with E-state index in [-0.39, 0.29) is 5.57 Å². The molecule has 1 aliphatic rings. The second-order valence-electron chi connectivity index (χ2n) is 8.57. The second-order valence-corrected chi connectivity index (χ2v) is 8.57. The van der Waals surface area contributed by atoms with Gasteiger partial charge in [-0.1, -0.05) is 6.07 Å². The fourth-order valence-corrected chi connectivity index (χ4v) is 4.43. The highest BCUT2D eigenvalue weighted by Crippen LogP contribution is 2.32. The molecule has 6 N–H and O–H groups in total. The van der Waals surface area contributed by atoms with Crippen LogP contribution in [0.1, 0.15) is 17.5 Å². The molecule has 0 bridgehead atoms. The predicted octanol–water partition coefficient (Wildman–Crippen LogP) is 3.72. The van der Waals surface area contributed by atoms with Crippen molar-refractivity contribution in [3.05, 3.63) is 89.9 Å². The van der Waals surface area contributed by atoms with Gasteiger partial charge in [0.25, 0.3) is 0 Å². The Morgan fingerprint density at radius 2 is 1.82 bits per heavy atom. The number of nitrogen functional groups attached to an aromatic ring is 1. The van der Waals surface area contributed by atoms with Gasteiger partial charge in [-0.3, -0.25) is 9.36 Å². The van der Waals surface area contributed by atoms with E-state index in [9.17, 15) is 4.79 Å². The Hall–Kier alpha value is -5.29. The summed E-state index contributed by atoms with van der Waals surface area (Å²) in [4.78, 5) is 23.9. The first-order valence-electron chi connectivity index (χ1n) is 12.6. The number of nitrogens with zero attached hydrogens (tertiary/aromatic N) is 6. The van der Waals surface area contributed by atoms with Crippen LogP contribution in [0.15, 0.2) is 78.8 Å². The van der Waals surface area contributed by atoms with Gasteiger partial charge in [-0.2, -0.15) is 5.10 Å². The SMILES string of the molecule is CN.N=C/C=C(\C=N)C=O.Nc1ncccc1-c1nc2ccc(-n3cccn3)nc2n1-c1ccc2c(c1)CCC2. The molecule has 0 saturated heterocycles. The maximum Gasteiger partial charge on any atom is 0.167 e. The first-order valence-corrected chi connectivity index (χ1v) is 12.6. The topological polar surface area (TPSA) is 178 Å². The Bertz CT molecular complexity index is 1660. The molecular weight excluding hydrogens is 504 g/mol. The molecule has 4 aromatic heterocycles. The Morgan fingerprint density at radius 1 is 1.00 bits per heavy atom. The summed E-state index contributed by atoms with van der Waals surface area (Å²) >= 11 is 0. The Morgan fingerprint density at radius 3 is 2.50 bits per heavy atom. The molecule has 0 atom stereocenters. The summed E-state index contributed by atoms with van der Waals surface area (Å²) in [5.41, 5.74) is 17.1. The summed E-state index contributed by atoms with van der Waals surface area (Å²) in [7, 11) is 1.50. The van der Waals surface area contributed by atoms with Gasteiger partial charge in [-0.05, 0) is 86.0 Å². The molecule has 5 aromatic rings. The third kappa shape index (κ3) is 5.74. The molecule has 40 heavy (non-hydrogen) atoms. The van der Waals surface area contributed by atoms with Gasteiger partial charge in [0, 0.05) is 42.3 Å². The molecule has 6 rings (SSSR count). The van der Waals surface area contributed by atoms with Crippen molar-refractivity contribution < 1.29 is 4.79 Å². The first-order chi connectivity index (χ1) is 19.6. The van der Waals surface area contributed by atoms with Crippen molar-refractivity contribution in [3.63, 3.8) is 0 Å². The maximum absolute atomic E-state index is 9.80. The van der Waals surface area contributed by atoms with Gasteiger partial charge >= 0.3 is 0 Å². The van der Waals surface area contributed by atoms with Gasteiger partial charge in [-0.15, -0.1) is 0 Å². The molecule has 0 radical (unpaired) electrons. The van der Waals surface area contributed by atoms with Gasteiger partial charge in [-0.25, -0.2) is 19.6 Å². The van der Waals surface area contributed by atoms with Crippen LogP contribution < -0.4 is 11.5 Å². The lowest BCUT2D eigenvalue weighted by atomic mass is 10.1. The number of nitrogens with two attached hydrogens (primary N) is 2. The van der Waals surface area contributed by atoms with Crippen LogP contribution in [0, 0.1) is 10.8 Å². The highest BCUT2D eigenvalue weighted by atomic mass is 16.1. The number of rotatable bonds is 6. The van der Waals surface area contributed by atoms with E-state index in [0.29, 0.717) is 12.1 Å². The lowest BCUT2D eigenvalue weighted by Gasteiger charge is -2.12. The summed E-state index contributed by atoms with van der Waals surface area (Å²) < 4.78 is 3.83. The summed E-state index contributed by atoms with van der Waals surface area (Å²) in [5, 5.41) is 17.3. The molecule has 0 aliphatic heterocycles. The number of carbonyl (C=O) groups excluding carboxylic acids is 1. The number of aromatic nitrogens is 6. The number of anilines is 1. The smallest absolute Gasteiger partial charge is 0.167 e. The minimum Gasteiger partial charge on any atom is -0.383 e. The molecule has 0 fully saturated rings. The number of benzene rings is 1. The number of hydrogen-bond acceptors (Lipinski definition) is 9. The Labute approximate surface area is 231 Å². The first kappa shape index (κ1) is 27.7. The second kappa shape index (κ2) is 13.0. The molecule has 0 spiro atoms. The summed E-state index contributed by atoms with van der Waals surface area (Å²) in [6.45, 7) is 0. The molecule has 0 amide bonds. The van der Waals surface area contributed by atoms with Crippen molar-refractivity contribution in [2.45, 2.75) is 19.3 Å². The Balaban J connectivity index is 0.000000322. The molecule has 4 heterocycles. The van der Waals surface area contributed by atoms with Crippen molar-refractivity contribution in [1.82, 2.24) is 29.3 Å². The average molecular weight is 535 g/mol. The molecular formula is C29H30N10O. The van der Waals surface area contributed by atoms with Crippen LogP contribution in [0.4, 0.5) is 5.82 Å². The fourth-order valence-electron chi connectivity index (χ4n) is 4.43. The van der Waals surface area contributed by atoms with E-state index in [0.717, 1.165) is 59.3 Å². The molecule has 202 valence electrons. The monoisotopic (exact) mass is 534 g/mol. The fraction of sp³-hybridized carbons (Fsp3) is 0.138. The van der Waals surface area contributed by atoms with E-state index >= 15 is 0 Å². The number of nitrogens with one attached hydrogen (secondary N) is 2. The molecule has 1 aliphatic carbocycles. The van der Waals surface area contributed by atoms with Crippen LogP contribution in [-0.4, -0.2) is 55.1 Å². The molecule has 1 aromatic carbocycles. The van der Waals surface area contributed by atoms with Gasteiger partial charge in [0.05, 0.1) is 5.56 Å². The summed E-state index contributed by atoms with van der Waals surface area (Å²) in [6, 6.07) is 16.2. The van der Waals surface area contributed by atoms with E-state index < -0.39 is 0 Å². The van der Waals surface area contributed by atoms with Crippen LogP contribution in [0.5, 0.6) is 0 Å². The number of pyridine rings is 2. The van der Waals surface area contributed by atoms with Crippen LogP contribution >= 0.6 is 0 Å². The summed E-state index contributed by atoms with van der Waals surface area (Å²) in [6.07, 6.45) is 12.4. The third-order valence-electron chi connectivity index (χ3n) is 6.23. The zero-order valence-corrected chi connectivity index (χ0v) is 22.0. The minimum absolute atomic E-state index is 0.208. The van der Waals surface area contributed by atoms with Gasteiger partial charge < -0.3 is 22.3 Å². The van der Waals surface area contributed by atoms with E-state index in [1.807, 2.05) is 36.5 Å². The minimum atomic E-state index is 0.208. The number of carbonyl (C=O) groups is 1. The Kier molecular flexibility index (Phi) is 9.00. The van der Waals surface area contributed by atoms with Crippen molar-refractivity contribution in [2.75, 3.05) is 12.8 Å². The highest BCUT2D eigenvalue weighted by molar-refractivity contribution is 6.03. The quantitative estimate of drug-likeness (QED) is 0.146. The lowest BCUT2D eigenvalue weighted by Crippen LogP contribution is -2.04. The van der Waals surface area contributed by atoms with E-state index in [1.54, 1.807) is 17.1 Å². The predicted molar refractivity (Wildman–Crippen MR) is 157 cm³/mol. The summed E-state index contributed by atoms with van der Waals surface area (Å²) in [5.74, 6) is 1.92. The van der Waals surface area contributed by atoms with Gasteiger partial charge in [0.1, 0.15) is 11.3 Å². The van der Waals surface area contributed by atoms with E-state index in [1.165, 1.54) is 30.7 Å².